The average molecular weight is 909 g/mol. The summed E-state index contributed by atoms with van der Waals surface area (Å²) in [7, 11) is -2.94. The molecule has 70 heavy (non-hydrogen) atoms. The third kappa shape index (κ3) is 6.13. The molecule has 328 valence electrons. The monoisotopic (exact) mass is 908 g/mol. The molecule has 0 N–H and O–H groups in total. The topological polar surface area (TPSA) is 23.0 Å². The van der Waals surface area contributed by atoms with Gasteiger partial charge in [0.2, 0.25) is 0 Å². The van der Waals surface area contributed by atoms with Gasteiger partial charge in [-0.25, -0.2) is 0 Å². The molecule has 0 saturated carbocycles. The Labute approximate surface area is 406 Å². The van der Waals surface area contributed by atoms with Crippen molar-refractivity contribution in [3.63, 3.8) is 0 Å². The van der Waals surface area contributed by atoms with E-state index >= 15 is 0 Å². The lowest BCUT2D eigenvalue weighted by atomic mass is 9.94. The smallest absolute Gasteiger partial charge is 0.179 e. The third-order valence-electron chi connectivity index (χ3n) is 14.7. The van der Waals surface area contributed by atoms with Gasteiger partial charge >= 0.3 is 0 Å². The van der Waals surface area contributed by atoms with Crippen LogP contribution in [0.15, 0.2) is 271 Å². The molecule has 0 atom stereocenters. The first-order valence-electron chi connectivity index (χ1n) is 24.1. The van der Waals surface area contributed by atoms with Crippen molar-refractivity contribution in [1.29, 1.82) is 0 Å². The standard InChI is InChI=1S/C66H44N2OSi/c1-3-20-49(21-4-1)70(50-22-5-2-6-23-50,52-39-40-64-59(44-52)57-28-11-15-32-63(57)68(64)48-36-41-66-60(43-48)58-29-12-16-33-65(58)69-66)51-37-34-45(35-38-51)53-24-7-8-25-54(53)46-18-17-19-47(42-46)67-61-30-13-9-26-55(61)56-27-10-14-31-62(56)67/h1-44H. The zero-order valence-electron chi connectivity index (χ0n) is 38.2. The van der Waals surface area contributed by atoms with Crippen LogP contribution in [-0.2, 0) is 0 Å². The van der Waals surface area contributed by atoms with Crippen LogP contribution in [0.5, 0.6) is 0 Å². The molecule has 14 rings (SSSR count). The van der Waals surface area contributed by atoms with E-state index in [-0.39, 0.29) is 0 Å². The maximum atomic E-state index is 6.27. The molecule has 14 aromatic rings. The number of furan rings is 1. The lowest BCUT2D eigenvalue weighted by Crippen LogP contribution is -2.74. The van der Waals surface area contributed by atoms with Gasteiger partial charge in [-0.15, -0.1) is 0 Å². The summed E-state index contributed by atoms with van der Waals surface area (Å²) in [5.74, 6) is 0. The maximum Gasteiger partial charge on any atom is 0.179 e. The number of fused-ring (bicyclic) bond motifs is 9. The fraction of sp³-hybridized carbons (Fsp3) is 0. The molecule has 3 aromatic heterocycles. The molecular weight excluding hydrogens is 865 g/mol. The van der Waals surface area contributed by atoms with Crippen molar-refractivity contribution in [3.05, 3.63) is 267 Å². The average Bonchev–Trinajstić information content (AvgIpc) is 4.09. The first-order valence-corrected chi connectivity index (χ1v) is 26.1. The number of hydrogen-bond acceptors (Lipinski definition) is 1. The molecule has 0 amide bonds. The third-order valence-corrected chi connectivity index (χ3v) is 19.5. The van der Waals surface area contributed by atoms with Crippen LogP contribution in [0.3, 0.4) is 0 Å². The number of hydrogen-bond donors (Lipinski definition) is 0. The van der Waals surface area contributed by atoms with Crippen LogP contribution >= 0.6 is 0 Å². The molecule has 0 aliphatic rings. The molecule has 0 fully saturated rings. The van der Waals surface area contributed by atoms with Crippen LogP contribution in [0, 0.1) is 0 Å². The van der Waals surface area contributed by atoms with Crippen molar-refractivity contribution in [1.82, 2.24) is 9.13 Å². The summed E-state index contributed by atoms with van der Waals surface area (Å²) in [6, 6.07) is 98.5. The highest BCUT2D eigenvalue weighted by molar-refractivity contribution is 7.20. The van der Waals surface area contributed by atoms with Gasteiger partial charge in [0.25, 0.3) is 0 Å². The highest BCUT2D eigenvalue weighted by Crippen LogP contribution is 2.38. The van der Waals surface area contributed by atoms with Gasteiger partial charge < -0.3 is 13.6 Å². The van der Waals surface area contributed by atoms with Gasteiger partial charge in [-0.1, -0.05) is 206 Å². The Bertz CT molecular complexity index is 4200. The van der Waals surface area contributed by atoms with Gasteiger partial charge in [0.05, 0.1) is 22.1 Å². The highest BCUT2D eigenvalue weighted by atomic mass is 28.3. The van der Waals surface area contributed by atoms with E-state index in [0.717, 1.165) is 33.3 Å². The molecule has 0 spiro atoms. The number of rotatable bonds is 8. The minimum absolute atomic E-state index is 0.897. The van der Waals surface area contributed by atoms with Gasteiger partial charge in [0.15, 0.2) is 8.07 Å². The maximum absolute atomic E-state index is 6.27. The lowest BCUT2D eigenvalue weighted by molar-refractivity contribution is 0.669. The molecular formula is C66H44N2OSi. The zero-order valence-corrected chi connectivity index (χ0v) is 39.2. The molecule has 0 unspecified atom stereocenters. The Kier molecular flexibility index (Phi) is 9.23. The molecule has 3 heterocycles. The quantitative estimate of drug-likeness (QED) is 0.110. The fourth-order valence-electron chi connectivity index (χ4n) is 11.6. The first-order chi connectivity index (χ1) is 34.7. The molecule has 0 aliphatic heterocycles. The summed E-state index contributed by atoms with van der Waals surface area (Å²) < 4.78 is 11.1. The first kappa shape index (κ1) is 40.1. The van der Waals surface area contributed by atoms with E-state index in [4.69, 9.17) is 4.42 Å². The molecule has 11 aromatic carbocycles. The summed E-state index contributed by atoms with van der Waals surface area (Å²) in [6.45, 7) is 0. The van der Waals surface area contributed by atoms with Gasteiger partial charge in [0, 0.05) is 43.7 Å². The second kappa shape index (κ2) is 16.1. The number of nitrogens with zero attached hydrogens (tertiary/aromatic N) is 2. The minimum Gasteiger partial charge on any atom is -0.456 e. The predicted molar refractivity (Wildman–Crippen MR) is 297 cm³/mol. The predicted octanol–water partition coefficient (Wildman–Crippen LogP) is 14.5. The lowest BCUT2D eigenvalue weighted by Gasteiger charge is -2.34. The van der Waals surface area contributed by atoms with Crippen LogP contribution < -0.4 is 20.7 Å². The van der Waals surface area contributed by atoms with Gasteiger partial charge in [0.1, 0.15) is 11.2 Å². The Hall–Kier alpha value is -8.96. The van der Waals surface area contributed by atoms with E-state index in [0.29, 0.717) is 0 Å². The molecule has 0 saturated heterocycles. The van der Waals surface area contributed by atoms with Crippen LogP contribution in [0.2, 0.25) is 0 Å². The number of para-hydroxylation sites is 4. The minimum atomic E-state index is -2.94. The van der Waals surface area contributed by atoms with Crippen LogP contribution in [-0.4, -0.2) is 17.2 Å². The van der Waals surface area contributed by atoms with E-state index in [2.05, 4.69) is 264 Å². The summed E-state index contributed by atoms with van der Waals surface area (Å²) in [5, 5.41) is 12.6. The van der Waals surface area contributed by atoms with Gasteiger partial charge in [-0.05, 0) is 104 Å². The SMILES string of the molecule is c1ccc([Si](c2ccccc2)(c2ccc(-c3ccccc3-c3cccc(-n4c5ccccc5c5ccccc54)c3)cc2)c2ccc3c(c2)c2ccccc2n3-c2ccc3oc4ccccc4c3c2)cc1. The Morgan fingerprint density at radius 2 is 0.729 bits per heavy atom. The normalized spacial score (nSPS) is 12.0. The van der Waals surface area contributed by atoms with E-state index in [1.165, 1.54) is 86.6 Å². The van der Waals surface area contributed by atoms with Crippen molar-refractivity contribution in [2.45, 2.75) is 0 Å². The Morgan fingerprint density at radius 1 is 0.257 bits per heavy atom. The summed E-state index contributed by atoms with van der Waals surface area (Å²) in [4.78, 5) is 0. The van der Waals surface area contributed by atoms with Gasteiger partial charge in [-0.2, -0.15) is 0 Å². The van der Waals surface area contributed by atoms with E-state index in [9.17, 15) is 0 Å². The van der Waals surface area contributed by atoms with Crippen molar-refractivity contribution < 1.29 is 4.42 Å². The van der Waals surface area contributed by atoms with Crippen molar-refractivity contribution in [2.24, 2.45) is 0 Å². The molecule has 3 nitrogen and oxygen atoms in total. The summed E-state index contributed by atoms with van der Waals surface area (Å²) in [6.07, 6.45) is 0. The van der Waals surface area contributed by atoms with E-state index in [1.54, 1.807) is 0 Å². The largest absolute Gasteiger partial charge is 0.456 e. The van der Waals surface area contributed by atoms with E-state index < -0.39 is 8.07 Å². The van der Waals surface area contributed by atoms with Crippen LogP contribution in [0.1, 0.15) is 0 Å². The van der Waals surface area contributed by atoms with Crippen LogP contribution in [0.25, 0.3) is 99.2 Å². The van der Waals surface area contributed by atoms with Crippen molar-refractivity contribution in [2.75, 3.05) is 0 Å². The summed E-state index contributed by atoms with van der Waals surface area (Å²) >= 11 is 0. The molecule has 0 bridgehead atoms. The second-order valence-electron chi connectivity index (χ2n) is 18.4. The van der Waals surface area contributed by atoms with Crippen molar-refractivity contribution in [3.8, 4) is 33.6 Å². The van der Waals surface area contributed by atoms with E-state index in [1.807, 2.05) is 12.1 Å². The summed E-state index contributed by atoms with van der Waals surface area (Å²) in [5.41, 5.74) is 13.6. The second-order valence-corrected chi connectivity index (χ2v) is 22.2. The molecule has 4 heteroatoms. The fourth-order valence-corrected chi connectivity index (χ4v) is 16.4. The highest BCUT2D eigenvalue weighted by Gasteiger charge is 2.42. The zero-order chi connectivity index (χ0) is 46.2. The Morgan fingerprint density at radius 3 is 1.37 bits per heavy atom. The number of aromatic nitrogens is 2. The molecule has 0 aliphatic carbocycles. The molecule has 0 radical (unpaired) electrons. The van der Waals surface area contributed by atoms with Crippen molar-refractivity contribution >= 4 is 94.4 Å². The Balaban J connectivity index is 0.928. The number of benzene rings is 11. The van der Waals surface area contributed by atoms with Gasteiger partial charge in [-0.3, -0.25) is 0 Å². The van der Waals surface area contributed by atoms with Crippen LogP contribution in [0.4, 0.5) is 0 Å².